The van der Waals surface area contributed by atoms with Crippen LogP contribution in [0, 0.1) is 11.7 Å². The second-order valence-corrected chi connectivity index (χ2v) is 7.48. The average Bonchev–Trinajstić information content (AvgIpc) is 3.02. The smallest absolute Gasteiger partial charge is 0.217 e. The molecule has 1 saturated heterocycles. The van der Waals surface area contributed by atoms with Crippen LogP contribution in [0.3, 0.4) is 0 Å². The fourth-order valence-corrected chi connectivity index (χ4v) is 3.84. The van der Waals surface area contributed by atoms with Crippen molar-refractivity contribution in [2.24, 2.45) is 0 Å². The second kappa shape index (κ2) is 8.72. The Balaban J connectivity index is 2.10. The van der Waals surface area contributed by atoms with Crippen molar-refractivity contribution in [1.29, 1.82) is 0 Å². The molecule has 158 valence electrons. The predicted octanol–water partition coefficient (Wildman–Crippen LogP) is 0.526. The second-order valence-electron chi connectivity index (χ2n) is 7.12. The van der Waals surface area contributed by atoms with Crippen molar-refractivity contribution in [2.45, 2.75) is 57.9 Å². The van der Waals surface area contributed by atoms with Gasteiger partial charge >= 0.3 is 0 Å². The van der Waals surface area contributed by atoms with Crippen molar-refractivity contribution in [3.63, 3.8) is 0 Å². The van der Waals surface area contributed by atoms with E-state index in [1.54, 1.807) is 0 Å². The molecule has 0 spiro atoms. The Labute approximate surface area is 173 Å². The number of ether oxygens (including phenoxy) is 1. The molecule has 1 aromatic carbocycles. The van der Waals surface area contributed by atoms with Crippen molar-refractivity contribution in [3.05, 3.63) is 34.6 Å². The lowest BCUT2D eigenvalue weighted by Crippen LogP contribution is -2.62. The lowest BCUT2D eigenvalue weighted by atomic mass is 9.96. The van der Waals surface area contributed by atoms with Crippen LogP contribution in [0.2, 0.25) is 0 Å². The van der Waals surface area contributed by atoms with Gasteiger partial charge in [0, 0.05) is 19.0 Å². The number of aromatic nitrogens is 3. The van der Waals surface area contributed by atoms with Crippen LogP contribution in [0.15, 0.2) is 24.3 Å². The Hall–Kier alpha value is -2.11. The fraction of sp³-hybridized carbons (Fsp3) is 0.526. The number of nitrogens with one attached hydrogen (secondary N) is 1. The number of hydrogen-bond donors (Lipinski definition) is 4. The third-order valence-electron chi connectivity index (χ3n) is 5.02. The van der Waals surface area contributed by atoms with Crippen LogP contribution in [-0.4, -0.2) is 66.5 Å². The number of rotatable bonds is 5. The molecule has 4 N–H and O–H groups in total. The first kappa shape index (κ1) is 21.6. The molecule has 0 aliphatic carbocycles. The molecule has 1 amide bonds. The summed E-state index contributed by atoms with van der Waals surface area (Å²) in [5.41, 5.74) is 1.97. The molecule has 0 saturated carbocycles. The maximum atomic E-state index is 11.7. The summed E-state index contributed by atoms with van der Waals surface area (Å²) < 4.78 is 9.38. The summed E-state index contributed by atoms with van der Waals surface area (Å²) in [6.07, 6.45) is -4.78. The summed E-state index contributed by atoms with van der Waals surface area (Å²) in [6.45, 7) is 5.27. The van der Waals surface area contributed by atoms with Crippen molar-refractivity contribution in [3.8, 4) is 11.4 Å². The Morgan fingerprint density at radius 1 is 1.28 bits per heavy atom. The maximum absolute atomic E-state index is 11.7. The number of aryl methyl sites for hydroxylation is 1. The summed E-state index contributed by atoms with van der Waals surface area (Å²) in [7, 11) is 0. The summed E-state index contributed by atoms with van der Waals surface area (Å²) >= 11 is 5.59. The first-order valence-electron chi connectivity index (χ1n) is 9.44. The zero-order valence-electron chi connectivity index (χ0n) is 16.5. The molecule has 1 aliphatic rings. The van der Waals surface area contributed by atoms with Gasteiger partial charge in [0.15, 0.2) is 12.1 Å². The highest BCUT2D eigenvalue weighted by atomic mass is 32.1. The summed E-state index contributed by atoms with van der Waals surface area (Å²) in [5.74, 6) is 0.210. The number of amides is 1. The molecule has 9 nitrogen and oxygen atoms in total. The Bertz CT molecular complexity index is 926. The minimum atomic E-state index is -1.37. The van der Waals surface area contributed by atoms with Gasteiger partial charge in [-0.1, -0.05) is 29.8 Å². The Morgan fingerprint density at radius 3 is 2.48 bits per heavy atom. The standard InChI is InChI=1S/C19H26N4O5S/c1-4-22-17(12-7-5-10(2)6-8-12)21-23(19(22)29)18-14(20-11(3)25)16(27)15(26)13(9-24)28-18/h5-8,13-16,18,24,26-27H,4,9H2,1-3H3,(H,20,25)/t13-,14-,15-,16-,18-/m1/s1. The molecule has 0 radical (unpaired) electrons. The number of hydrogen-bond acceptors (Lipinski definition) is 7. The molecule has 1 aliphatic heterocycles. The quantitative estimate of drug-likeness (QED) is 0.519. The minimum Gasteiger partial charge on any atom is -0.394 e. The Morgan fingerprint density at radius 2 is 1.93 bits per heavy atom. The van der Waals surface area contributed by atoms with Crippen LogP contribution in [-0.2, 0) is 16.1 Å². The van der Waals surface area contributed by atoms with E-state index in [1.807, 2.05) is 42.7 Å². The SMILES string of the molecule is CCn1c(-c2ccc(C)cc2)nn([C@@H]2O[C@H](CO)[C@@H](O)[C@H](O)[C@H]2NC(C)=O)c1=S. The molecule has 0 bridgehead atoms. The van der Waals surface area contributed by atoms with E-state index in [-0.39, 0.29) is 0 Å². The van der Waals surface area contributed by atoms with Gasteiger partial charge in [-0.3, -0.25) is 4.79 Å². The van der Waals surface area contributed by atoms with Gasteiger partial charge in [-0.25, -0.2) is 4.68 Å². The van der Waals surface area contributed by atoms with Crippen LogP contribution in [0.1, 0.15) is 25.6 Å². The van der Waals surface area contributed by atoms with E-state index >= 15 is 0 Å². The highest BCUT2D eigenvalue weighted by Gasteiger charge is 2.46. The molecule has 2 aromatic rings. The van der Waals surface area contributed by atoms with Crippen LogP contribution in [0.4, 0.5) is 0 Å². The summed E-state index contributed by atoms with van der Waals surface area (Å²) in [5, 5.41) is 37.5. The summed E-state index contributed by atoms with van der Waals surface area (Å²) in [6, 6.07) is 6.81. The minimum absolute atomic E-state index is 0.337. The van der Waals surface area contributed by atoms with Crippen LogP contribution >= 0.6 is 12.2 Å². The fourth-order valence-electron chi connectivity index (χ4n) is 3.48. The van der Waals surface area contributed by atoms with E-state index in [0.717, 1.165) is 11.1 Å². The van der Waals surface area contributed by atoms with Gasteiger partial charge in [0.1, 0.15) is 24.4 Å². The van der Waals surface area contributed by atoms with Crippen LogP contribution in [0.5, 0.6) is 0 Å². The zero-order valence-corrected chi connectivity index (χ0v) is 17.3. The van der Waals surface area contributed by atoms with E-state index in [0.29, 0.717) is 17.1 Å². The van der Waals surface area contributed by atoms with E-state index in [9.17, 15) is 20.1 Å². The molecule has 29 heavy (non-hydrogen) atoms. The van der Waals surface area contributed by atoms with Crippen molar-refractivity contribution >= 4 is 18.1 Å². The molecule has 3 rings (SSSR count). The third-order valence-corrected chi connectivity index (χ3v) is 5.43. The van der Waals surface area contributed by atoms with Gasteiger partial charge < -0.3 is 29.9 Å². The number of nitrogens with zero attached hydrogens (tertiary/aromatic N) is 3. The normalized spacial score (nSPS) is 27.0. The first-order chi connectivity index (χ1) is 13.8. The van der Waals surface area contributed by atoms with E-state index in [2.05, 4.69) is 10.4 Å². The molecule has 2 heterocycles. The largest absolute Gasteiger partial charge is 0.394 e. The predicted molar refractivity (Wildman–Crippen MR) is 108 cm³/mol. The van der Waals surface area contributed by atoms with Crippen molar-refractivity contribution in [1.82, 2.24) is 19.7 Å². The van der Waals surface area contributed by atoms with E-state index in [1.165, 1.54) is 11.6 Å². The van der Waals surface area contributed by atoms with Gasteiger partial charge in [0.2, 0.25) is 10.7 Å². The number of aliphatic hydroxyl groups excluding tert-OH is 3. The number of carbonyl (C=O) groups excluding carboxylic acids is 1. The highest BCUT2D eigenvalue weighted by Crippen LogP contribution is 2.30. The lowest BCUT2D eigenvalue weighted by molar-refractivity contribution is -0.219. The first-order valence-corrected chi connectivity index (χ1v) is 9.85. The maximum Gasteiger partial charge on any atom is 0.217 e. The Kier molecular flexibility index (Phi) is 6.49. The molecule has 5 atom stereocenters. The van der Waals surface area contributed by atoms with Crippen molar-refractivity contribution in [2.75, 3.05) is 6.61 Å². The number of benzene rings is 1. The number of carbonyl (C=O) groups is 1. The zero-order chi connectivity index (χ0) is 21.3. The van der Waals surface area contributed by atoms with Gasteiger partial charge in [0.05, 0.1) is 6.61 Å². The summed E-state index contributed by atoms with van der Waals surface area (Å²) in [4.78, 5) is 11.7. The molecule has 1 fully saturated rings. The molecule has 0 unspecified atom stereocenters. The van der Waals surface area contributed by atoms with Crippen molar-refractivity contribution < 1.29 is 24.9 Å². The van der Waals surface area contributed by atoms with Gasteiger partial charge in [-0.2, -0.15) is 0 Å². The molecular formula is C19H26N4O5S. The van der Waals surface area contributed by atoms with Gasteiger partial charge in [0.25, 0.3) is 0 Å². The van der Waals surface area contributed by atoms with Gasteiger partial charge in [-0.05, 0) is 26.1 Å². The number of aliphatic hydroxyl groups is 3. The average molecular weight is 423 g/mol. The lowest BCUT2D eigenvalue weighted by Gasteiger charge is -2.42. The highest BCUT2D eigenvalue weighted by molar-refractivity contribution is 7.71. The molecule has 10 heteroatoms. The van der Waals surface area contributed by atoms with Crippen LogP contribution < -0.4 is 5.32 Å². The molecule has 1 aromatic heterocycles. The van der Waals surface area contributed by atoms with Crippen LogP contribution in [0.25, 0.3) is 11.4 Å². The van der Waals surface area contributed by atoms with Gasteiger partial charge in [-0.15, -0.1) is 5.10 Å². The third kappa shape index (κ3) is 4.12. The monoisotopic (exact) mass is 422 g/mol. The topological polar surface area (TPSA) is 122 Å². The van der Waals surface area contributed by atoms with E-state index in [4.69, 9.17) is 17.0 Å². The molecular weight excluding hydrogens is 396 g/mol. The van der Waals surface area contributed by atoms with E-state index < -0.39 is 43.1 Å².